The molecule has 0 aliphatic carbocycles. The molecule has 4 rings (SSSR count). The summed E-state index contributed by atoms with van der Waals surface area (Å²) in [5, 5.41) is 0. The van der Waals surface area contributed by atoms with E-state index in [0.717, 1.165) is 16.7 Å². The van der Waals surface area contributed by atoms with E-state index in [1.807, 2.05) is 111 Å². The van der Waals surface area contributed by atoms with Gasteiger partial charge in [0.2, 0.25) is 0 Å². The lowest BCUT2D eigenvalue weighted by atomic mass is 10.2. The minimum Gasteiger partial charge on any atom is -0.468 e. The predicted molar refractivity (Wildman–Crippen MR) is 218 cm³/mol. The van der Waals surface area contributed by atoms with Crippen LogP contribution in [0.3, 0.4) is 0 Å². The monoisotopic (exact) mass is 820 g/mol. The van der Waals surface area contributed by atoms with E-state index in [0.29, 0.717) is 65.6 Å². The second-order valence-electron chi connectivity index (χ2n) is 14.1. The van der Waals surface area contributed by atoms with Gasteiger partial charge in [-0.2, -0.15) is 0 Å². The summed E-state index contributed by atoms with van der Waals surface area (Å²) in [6, 6.07) is 27.4. The lowest BCUT2D eigenvalue weighted by Gasteiger charge is -2.39. The number of rotatable bonds is 20. The zero-order valence-corrected chi connectivity index (χ0v) is 34.8. The van der Waals surface area contributed by atoms with E-state index in [9.17, 15) is 19.2 Å². The first-order valence-corrected chi connectivity index (χ1v) is 19.9. The summed E-state index contributed by atoms with van der Waals surface area (Å²) in [5.74, 6) is -1.85. The van der Waals surface area contributed by atoms with Crippen LogP contribution in [0.2, 0.25) is 0 Å². The van der Waals surface area contributed by atoms with E-state index in [1.165, 1.54) is 28.1 Å². The number of benzene rings is 3. The largest absolute Gasteiger partial charge is 0.468 e. The minimum atomic E-state index is -0.816. The van der Waals surface area contributed by atoms with Gasteiger partial charge in [0.25, 0.3) is 0 Å². The zero-order chi connectivity index (χ0) is 42.2. The molecule has 1 fully saturated rings. The van der Waals surface area contributed by atoms with Gasteiger partial charge in [0.1, 0.15) is 18.8 Å². The van der Waals surface area contributed by atoms with E-state index >= 15 is 0 Å². The topological polar surface area (TPSA) is 146 Å². The summed E-state index contributed by atoms with van der Waals surface area (Å²) >= 11 is 0. The van der Waals surface area contributed by atoms with Crippen molar-refractivity contribution in [1.29, 1.82) is 0 Å². The van der Waals surface area contributed by atoms with Gasteiger partial charge in [-0.15, -0.1) is 0 Å². The van der Waals surface area contributed by atoms with Gasteiger partial charge in [0.15, 0.2) is 6.23 Å². The molecule has 3 unspecified atom stereocenters. The summed E-state index contributed by atoms with van der Waals surface area (Å²) in [7, 11) is 2.69. The molecule has 0 radical (unpaired) electrons. The highest BCUT2D eigenvalue weighted by Gasteiger charge is 2.33. The van der Waals surface area contributed by atoms with Gasteiger partial charge in [-0.1, -0.05) is 91.0 Å². The third-order valence-electron chi connectivity index (χ3n) is 9.89. The lowest BCUT2D eigenvalue weighted by Crippen LogP contribution is -2.56. The molecule has 1 aliphatic rings. The first-order chi connectivity index (χ1) is 28.7. The smallest absolute Gasteiger partial charge is 0.325 e. The van der Waals surface area contributed by atoms with Gasteiger partial charge < -0.3 is 33.2 Å². The Balaban J connectivity index is 1.64. The Morgan fingerprint density at radius 3 is 1.27 bits per heavy atom. The lowest BCUT2D eigenvalue weighted by molar-refractivity contribution is -0.166. The SMILES string of the molecule is COC(=O)C(COCc1ccccc1)N1CCN(COC(C)=O)CCN(C(COCc2ccccc2)OC(C)=O)CCN(C(COCc2ccccc2)C(=O)OC)CC1. The molecule has 0 bridgehead atoms. The number of esters is 4. The van der Waals surface area contributed by atoms with Gasteiger partial charge in [-0.05, 0) is 16.7 Å². The Hall–Kier alpha value is -4.74. The van der Waals surface area contributed by atoms with Crippen molar-refractivity contribution in [2.45, 2.75) is 52.0 Å². The summed E-state index contributed by atoms with van der Waals surface area (Å²) in [5.41, 5.74) is 2.89. The molecule has 0 aromatic heterocycles. The van der Waals surface area contributed by atoms with E-state index in [2.05, 4.69) is 0 Å². The highest BCUT2D eigenvalue weighted by molar-refractivity contribution is 5.76. The third kappa shape index (κ3) is 17.2. The third-order valence-corrected chi connectivity index (χ3v) is 9.89. The number of methoxy groups -OCH3 is 2. The van der Waals surface area contributed by atoms with E-state index in [4.69, 9.17) is 33.2 Å². The van der Waals surface area contributed by atoms with Gasteiger partial charge in [0, 0.05) is 66.2 Å². The summed E-state index contributed by atoms with van der Waals surface area (Å²) in [6.07, 6.45) is -0.774. The standard InChI is InChI=1S/C44H60N4O11/c1-35(49)58-34-45-20-22-46(40(43(51)53-3)31-55-28-37-14-8-5-9-15-37)24-25-47(41(44(52)54-4)32-56-29-38-16-10-6-11-17-38)26-27-48(23-21-45)42(59-36(2)50)33-57-30-39-18-12-7-13-19-39/h5-19,40-42H,20-34H2,1-4H3. The second-order valence-corrected chi connectivity index (χ2v) is 14.1. The van der Waals surface area contributed by atoms with Crippen LogP contribution in [-0.2, 0) is 72.2 Å². The average Bonchev–Trinajstić information content (AvgIpc) is 3.24. The highest BCUT2D eigenvalue weighted by atomic mass is 16.6. The molecule has 59 heavy (non-hydrogen) atoms. The van der Waals surface area contributed by atoms with Crippen LogP contribution >= 0.6 is 0 Å². The number of hydrogen-bond donors (Lipinski definition) is 0. The molecule has 0 amide bonds. The molecule has 3 atom stereocenters. The summed E-state index contributed by atoms with van der Waals surface area (Å²) in [6.45, 7) is 6.54. The van der Waals surface area contributed by atoms with Crippen LogP contribution in [0.5, 0.6) is 0 Å². The Bertz CT molecular complexity index is 1670. The minimum absolute atomic E-state index is 0.00242. The van der Waals surface area contributed by atoms with Crippen LogP contribution in [-0.4, -0.2) is 155 Å². The maximum absolute atomic E-state index is 13.6. The van der Waals surface area contributed by atoms with Crippen molar-refractivity contribution < 1.29 is 52.3 Å². The fourth-order valence-electron chi connectivity index (χ4n) is 6.62. The van der Waals surface area contributed by atoms with E-state index in [-0.39, 0.29) is 33.2 Å². The fraction of sp³-hybridized carbons (Fsp3) is 0.500. The molecule has 3 aromatic carbocycles. The van der Waals surface area contributed by atoms with Crippen molar-refractivity contribution in [3.63, 3.8) is 0 Å². The summed E-state index contributed by atoms with van der Waals surface area (Å²) in [4.78, 5) is 59.4. The quantitative estimate of drug-likeness (QED) is 0.121. The number of ether oxygens (including phenoxy) is 7. The van der Waals surface area contributed by atoms with Crippen molar-refractivity contribution in [2.24, 2.45) is 0 Å². The van der Waals surface area contributed by atoms with Crippen molar-refractivity contribution in [1.82, 2.24) is 19.6 Å². The Kier molecular flexibility index (Phi) is 21.0. The second kappa shape index (κ2) is 26.4. The van der Waals surface area contributed by atoms with E-state index in [1.54, 1.807) is 0 Å². The first kappa shape index (κ1) is 46.9. The molecule has 1 aliphatic heterocycles. The summed E-state index contributed by atoms with van der Waals surface area (Å²) < 4.78 is 40.3. The van der Waals surface area contributed by atoms with Crippen LogP contribution in [0.4, 0.5) is 0 Å². The molecule has 1 heterocycles. The van der Waals surface area contributed by atoms with Crippen LogP contribution < -0.4 is 0 Å². The number of carbonyl (C=O) groups is 4. The Labute approximate surface area is 348 Å². The number of hydrogen-bond acceptors (Lipinski definition) is 15. The maximum Gasteiger partial charge on any atom is 0.325 e. The molecule has 15 heteroatoms. The maximum atomic E-state index is 13.6. The van der Waals surface area contributed by atoms with Crippen molar-refractivity contribution in [3.8, 4) is 0 Å². The predicted octanol–water partition coefficient (Wildman–Crippen LogP) is 3.35. The average molecular weight is 821 g/mol. The normalized spacial score (nSPS) is 16.7. The molecular formula is C44H60N4O11. The first-order valence-electron chi connectivity index (χ1n) is 19.9. The number of nitrogens with zero attached hydrogens (tertiary/aromatic N) is 4. The molecule has 322 valence electrons. The van der Waals surface area contributed by atoms with Gasteiger partial charge in [-0.3, -0.25) is 38.8 Å². The molecule has 0 spiro atoms. The number of carbonyl (C=O) groups excluding carboxylic acids is 4. The van der Waals surface area contributed by atoms with Gasteiger partial charge in [0.05, 0.1) is 53.9 Å². The van der Waals surface area contributed by atoms with Crippen LogP contribution in [0.1, 0.15) is 30.5 Å². The molecule has 3 aromatic rings. The Morgan fingerprint density at radius 1 is 0.508 bits per heavy atom. The highest BCUT2D eigenvalue weighted by Crippen LogP contribution is 2.15. The molecule has 1 saturated heterocycles. The van der Waals surface area contributed by atoms with Crippen molar-refractivity contribution >= 4 is 23.9 Å². The van der Waals surface area contributed by atoms with Gasteiger partial charge in [-0.25, -0.2) is 0 Å². The fourth-order valence-corrected chi connectivity index (χ4v) is 6.62. The Morgan fingerprint density at radius 2 is 0.881 bits per heavy atom. The zero-order valence-electron chi connectivity index (χ0n) is 34.8. The molecular weight excluding hydrogens is 761 g/mol. The van der Waals surface area contributed by atoms with Crippen molar-refractivity contribution in [3.05, 3.63) is 108 Å². The van der Waals surface area contributed by atoms with Crippen LogP contribution in [0, 0.1) is 0 Å². The molecule has 15 nitrogen and oxygen atoms in total. The van der Waals surface area contributed by atoms with Gasteiger partial charge >= 0.3 is 23.9 Å². The van der Waals surface area contributed by atoms with Crippen LogP contribution in [0.15, 0.2) is 91.0 Å². The van der Waals surface area contributed by atoms with E-state index < -0.39 is 42.2 Å². The molecule has 0 N–H and O–H groups in total. The van der Waals surface area contributed by atoms with Crippen molar-refractivity contribution in [2.75, 3.05) is 93.1 Å². The molecule has 0 saturated carbocycles. The van der Waals surface area contributed by atoms with Crippen LogP contribution in [0.25, 0.3) is 0 Å².